The Morgan fingerprint density at radius 2 is 1.81 bits per heavy atom. The molecule has 0 spiro atoms. The van der Waals surface area contributed by atoms with Gasteiger partial charge in [-0.2, -0.15) is 5.26 Å². The predicted octanol–water partition coefficient (Wildman–Crippen LogP) is 3.64. The molecule has 2 aromatic carbocycles. The van der Waals surface area contributed by atoms with Crippen molar-refractivity contribution in [1.82, 2.24) is 15.3 Å². The van der Waals surface area contributed by atoms with Gasteiger partial charge in [0.2, 0.25) is 0 Å². The third-order valence-corrected chi connectivity index (χ3v) is 4.06. The van der Waals surface area contributed by atoms with Gasteiger partial charge in [0.25, 0.3) is 5.91 Å². The van der Waals surface area contributed by atoms with Gasteiger partial charge >= 0.3 is 0 Å². The van der Waals surface area contributed by atoms with E-state index in [9.17, 15) is 4.79 Å². The summed E-state index contributed by atoms with van der Waals surface area (Å²) < 4.78 is 0. The molecule has 6 heteroatoms. The van der Waals surface area contributed by atoms with Crippen molar-refractivity contribution in [1.29, 1.82) is 5.26 Å². The normalized spacial score (nSPS) is 10.1. The minimum absolute atomic E-state index is 0.258. The van der Waals surface area contributed by atoms with Gasteiger partial charge in [-0.05, 0) is 49.2 Å². The highest BCUT2D eigenvalue weighted by Gasteiger charge is 2.11. The van der Waals surface area contributed by atoms with Gasteiger partial charge in [-0.3, -0.25) is 4.79 Å². The maximum absolute atomic E-state index is 12.5. The van der Waals surface area contributed by atoms with Crippen LogP contribution in [0.15, 0.2) is 54.6 Å². The Balaban J connectivity index is 1.73. The summed E-state index contributed by atoms with van der Waals surface area (Å²) in [5.74, 6) is 0.759. The van der Waals surface area contributed by atoms with Crippen LogP contribution in [0.1, 0.15) is 33.0 Å². The number of rotatable bonds is 5. The van der Waals surface area contributed by atoms with Crippen molar-refractivity contribution in [3.63, 3.8) is 0 Å². The summed E-state index contributed by atoms with van der Waals surface area (Å²) in [6.07, 6.45) is 0. The van der Waals surface area contributed by atoms with Gasteiger partial charge in [0.05, 0.1) is 11.6 Å². The van der Waals surface area contributed by atoms with Gasteiger partial charge in [-0.1, -0.05) is 24.3 Å². The van der Waals surface area contributed by atoms with Crippen molar-refractivity contribution in [2.75, 3.05) is 5.32 Å². The summed E-state index contributed by atoms with van der Waals surface area (Å²) in [7, 11) is 0. The lowest BCUT2D eigenvalue weighted by molar-refractivity contribution is 0.0945. The minimum Gasteiger partial charge on any atom is -0.347 e. The van der Waals surface area contributed by atoms with E-state index >= 15 is 0 Å². The zero-order valence-corrected chi connectivity index (χ0v) is 15.2. The van der Waals surface area contributed by atoms with Crippen LogP contribution in [0.25, 0.3) is 0 Å². The van der Waals surface area contributed by atoms with Crippen LogP contribution in [0.4, 0.5) is 11.5 Å². The van der Waals surface area contributed by atoms with E-state index in [2.05, 4.69) is 26.7 Å². The van der Waals surface area contributed by atoms with E-state index in [0.29, 0.717) is 29.4 Å². The van der Waals surface area contributed by atoms with E-state index in [1.807, 2.05) is 31.2 Å². The molecule has 134 valence electrons. The summed E-state index contributed by atoms with van der Waals surface area (Å²) in [6.45, 7) is 4.19. The quantitative estimate of drug-likeness (QED) is 0.727. The standard InChI is InChI=1S/C21H19N5O/c1-14-5-3-4-6-17(14)13-23-21(27)19-11-20(25-15(2)24-19)26-18-9-7-16(12-22)8-10-18/h3-11H,13H2,1-2H3,(H,23,27)(H,24,25,26). The molecule has 0 atom stereocenters. The molecule has 3 aromatic rings. The molecule has 0 bridgehead atoms. The van der Waals surface area contributed by atoms with Crippen LogP contribution in [0.2, 0.25) is 0 Å². The van der Waals surface area contributed by atoms with Gasteiger partial charge < -0.3 is 10.6 Å². The first-order valence-electron chi connectivity index (χ1n) is 8.51. The molecule has 1 heterocycles. The number of nitrogens with zero attached hydrogens (tertiary/aromatic N) is 3. The summed E-state index contributed by atoms with van der Waals surface area (Å²) in [4.78, 5) is 21.1. The van der Waals surface area contributed by atoms with Crippen LogP contribution < -0.4 is 10.6 Å². The number of carbonyl (C=O) groups excluding carboxylic acids is 1. The summed E-state index contributed by atoms with van der Waals surface area (Å²) in [6, 6.07) is 18.6. The number of aryl methyl sites for hydroxylation is 2. The zero-order valence-electron chi connectivity index (χ0n) is 15.2. The number of carbonyl (C=O) groups is 1. The molecule has 0 radical (unpaired) electrons. The smallest absolute Gasteiger partial charge is 0.270 e. The molecule has 1 aromatic heterocycles. The van der Waals surface area contributed by atoms with Crippen molar-refractivity contribution >= 4 is 17.4 Å². The maximum atomic E-state index is 12.5. The largest absolute Gasteiger partial charge is 0.347 e. The first kappa shape index (κ1) is 18.1. The highest BCUT2D eigenvalue weighted by Crippen LogP contribution is 2.16. The molecule has 0 aliphatic carbocycles. The number of nitriles is 1. The van der Waals surface area contributed by atoms with Crippen LogP contribution in [-0.2, 0) is 6.54 Å². The lowest BCUT2D eigenvalue weighted by Gasteiger charge is -2.10. The Bertz CT molecular complexity index is 1010. The van der Waals surface area contributed by atoms with E-state index < -0.39 is 0 Å². The maximum Gasteiger partial charge on any atom is 0.270 e. The average Bonchev–Trinajstić information content (AvgIpc) is 2.67. The fourth-order valence-electron chi connectivity index (χ4n) is 2.60. The van der Waals surface area contributed by atoms with Crippen molar-refractivity contribution < 1.29 is 4.79 Å². The molecule has 0 saturated carbocycles. The summed E-state index contributed by atoms with van der Waals surface area (Å²) >= 11 is 0. The second-order valence-corrected chi connectivity index (χ2v) is 6.11. The molecule has 3 rings (SSSR count). The lowest BCUT2D eigenvalue weighted by atomic mass is 10.1. The molecule has 0 aliphatic heterocycles. The van der Waals surface area contributed by atoms with Gasteiger partial charge in [-0.15, -0.1) is 0 Å². The minimum atomic E-state index is -0.258. The van der Waals surface area contributed by atoms with Crippen molar-refractivity contribution in [3.8, 4) is 6.07 Å². The number of nitrogens with one attached hydrogen (secondary N) is 2. The monoisotopic (exact) mass is 357 g/mol. The molecule has 2 N–H and O–H groups in total. The Morgan fingerprint density at radius 1 is 1.07 bits per heavy atom. The van der Waals surface area contributed by atoms with E-state index in [1.54, 1.807) is 37.3 Å². The van der Waals surface area contributed by atoms with Crippen molar-refractivity contribution in [3.05, 3.63) is 82.8 Å². The van der Waals surface area contributed by atoms with Gasteiger partial charge in [-0.25, -0.2) is 9.97 Å². The zero-order chi connectivity index (χ0) is 19.2. The van der Waals surface area contributed by atoms with Crippen LogP contribution in [0.3, 0.4) is 0 Å². The van der Waals surface area contributed by atoms with E-state index in [0.717, 1.165) is 16.8 Å². The first-order chi connectivity index (χ1) is 13.0. The highest BCUT2D eigenvalue weighted by atomic mass is 16.1. The van der Waals surface area contributed by atoms with E-state index in [1.165, 1.54) is 0 Å². The average molecular weight is 357 g/mol. The van der Waals surface area contributed by atoms with Crippen molar-refractivity contribution in [2.45, 2.75) is 20.4 Å². The predicted molar refractivity (Wildman–Crippen MR) is 104 cm³/mol. The summed E-state index contributed by atoms with van der Waals surface area (Å²) in [5.41, 5.74) is 3.84. The van der Waals surface area contributed by atoms with Gasteiger partial charge in [0, 0.05) is 18.3 Å². The molecule has 6 nitrogen and oxygen atoms in total. The summed E-state index contributed by atoms with van der Waals surface area (Å²) in [5, 5.41) is 14.9. The third-order valence-electron chi connectivity index (χ3n) is 4.06. The number of hydrogen-bond acceptors (Lipinski definition) is 5. The molecule has 1 amide bonds. The first-order valence-corrected chi connectivity index (χ1v) is 8.51. The Hall–Kier alpha value is -3.72. The fraction of sp³-hybridized carbons (Fsp3) is 0.143. The van der Waals surface area contributed by atoms with Gasteiger partial charge in [0.15, 0.2) is 0 Å². The lowest BCUT2D eigenvalue weighted by Crippen LogP contribution is -2.24. The number of benzene rings is 2. The topological polar surface area (TPSA) is 90.7 Å². The number of anilines is 2. The number of aromatic nitrogens is 2. The van der Waals surface area contributed by atoms with Crippen molar-refractivity contribution in [2.24, 2.45) is 0 Å². The molecule has 0 saturated heterocycles. The molecule has 0 fully saturated rings. The Labute approximate surface area is 157 Å². The second kappa shape index (κ2) is 8.11. The Kier molecular flexibility index (Phi) is 5.43. The van der Waals surface area contributed by atoms with Gasteiger partial charge in [0.1, 0.15) is 17.3 Å². The highest BCUT2D eigenvalue weighted by molar-refractivity contribution is 5.93. The molecular formula is C21H19N5O. The van der Waals surface area contributed by atoms with Crippen LogP contribution in [-0.4, -0.2) is 15.9 Å². The third kappa shape index (κ3) is 4.67. The number of hydrogen-bond donors (Lipinski definition) is 2. The number of amides is 1. The van der Waals surface area contributed by atoms with E-state index in [4.69, 9.17) is 5.26 Å². The van der Waals surface area contributed by atoms with Crippen LogP contribution >= 0.6 is 0 Å². The molecule has 27 heavy (non-hydrogen) atoms. The SMILES string of the molecule is Cc1nc(Nc2ccc(C#N)cc2)cc(C(=O)NCc2ccccc2C)n1. The molecule has 0 unspecified atom stereocenters. The van der Waals surface area contributed by atoms with Crippen LogP contribution in [0.5, 0.6) is 0 Å². The Morgan fingerprint density at radius 3 is 2.52 bits per heavy atom. The fourth-order valence-corrected chi connectivity index (χ4v) is 2.60. The van der Waals surface area contributed by atoms with Crippen LogP contribution in [0, 0.1) is 25.2 Å². The second-order valence-electron chi connectivity index (χ2n) is 6.11. The molecule has 0 aliphatic rings. The molecular weight excluding hydrogens is 338 g/mol. The van der Waals surface area contributed by atoms with E-state index in [-0.39, 0.29) is 5.91 Å².